The Labute approximate surface area is 213 Å². The Bertz CT molecular complexity index is 1390. The first kappa shape index (κ1) is 24.1. The van der Waals surface area contributed by atoms with E-state index in [2.05, 4.69) is 72.9 Å². The number of carbonyl (C=O) groups excluding carboxylic acids is 1. The van der Waals surface area contributed by atoms with Gasteiger partial charge in [0.15, 0.2) is 0 Å². The summed E-state index contributed by atoms with van der Waals surface area (Å²) in [5.74, 6) is 0.791. The molecule has 4 aromatic carbocycles. The van der Waals surface area contributed by atoms with E-state index in [1.807, 2.05) is 25.1 Å². The number of para-hydroxylation sites is 1. The molecule has 0 aromatic heterocycles. The molecule has 184 valence electrons. The molecular formula is C32H33NO3. The minimum atomic E-state index is -0.288. The van der Waals surface area contributed by atoms with E-state index < -0.39 is 0 Å². The Morgan fingerprint density at radius 1 is 1.00 bits per heavy atom. The molecular weight excluding hydrogens is 446 g/mol. The fraction of sp³-hybridized carbons (Fsp3) is 0.281. The largest absolute Gasteiger partial charge is 0.489 e. The van der Waals surface area contributed by atoms with E-state index >= 15 is 0 Å². The van der Waals surface area contributed by atoms with Gasteiger partial charge in [-0.2, -0.15) is 0 Å². The van der Waals surface area contributed by atoms with Crippen molar-refractivity contribution in [1.29, 1.82) is 0 Å². The quantitative estimate of drug-likeness (QED) is 0.248. The number of carbonyl (C=O) groups is 1. The smallest absolute Gasteiger partial charge is 0.338 e. The van der Waals surface area contributed by atoms with Crippen LogP contribution in [0.2, 0.25) is 0 Å². The first-order valence-electron chi connectivity index (χ1n) is 12.7. The maximum Gasteiger partial charge on any atom is 0.338 e. The zero-order valence-corrected chi connectivity index (χ0v) is 21.2. The molecule has 2 unspecified atom stereocenters. The van der Waals surface area contributed by atoms with E-state index in [-0.39, 0.29) is 18.0 Å². The summed E-state index contributed by atoms with van der Waals surface area (Å²) in [4.78, 5) is 12.4. The lowest BCUT2D eigenvalue weighted by Gasteiger charge is -2.33. The van der Waals surface area contributed by atoms with Crippen LogP contribution in [0.5, 0.6) is 5.75 Å². The van der Waals surface area contributed by atoms with Crippen molar-refractivity contribution < 1.29 is 14.3 Å². The fourth-order valence-corrected chi connectivity index (χ4v) is 5.34. The number of esters is 1. The average molecular weight is 480 g/mol. The summed E-state index contributed by atoms with van der Waals surface area (Å²) in [7, 11) is 1.44. The van der Waals surface area contributed by atoms with E-state index in [1.165, 1.54) is 29.0 Å². The van der Waals surface area contributed by atoms with Crippen molar-refractivity contribution in [1.82, 2.24) is 5.32 Å². The molecule has 0 saturated heterocycles. The number of methoxy groups -OCH3 is 1. The summed E-state index contributed by atoms with van der Waals surface area (Å²) in [5.41, 5.74) is 6.37. The number of hydrogen-bond donors (Lipinski definition) is 1. The molecule has 4 aromatic rings. The van der Waals surface area contributed by atoms with Crippen LogP contribution in [0, 0.1) is 13.8 Å². The molecule has 4 nitrogen and oxygen atoms in total. The fourth-order valence-electron chi connectivity index (χ4n) is 5.34. The SMILES string of the molecule is COC(=O)c1cc(C2CC(CNCCc3cccc4ccccc34)Oc3ccccc32)cc(C)c1C. The number of ether oxygens (including phenoxy) is 2. The van der Waals surface area contributed by atoms with Crippen LogP contribution in [0.25, 0.3) is 10.8 Å². The van der Waals surface area contributed by atoms with E-state index in [0.29, 0.717) is 5.56 Å². The predicted octanol–water partition coefficient (Wildman–Crippen LogP) is 6.36. The van der Waals surface area contributed by atoms with E-state index in [0.717, 1.165) is 48.4 Å². The van der Waals surface area contributed by atoms with E-state index in [9.17, 15) is 4.79 Å². The second kappa shape index (κ2) is 10.5. The zero-order chi connectivity index (χ0) is 25.1. The zero-order valence-electron chi connectivity index (χ0n) is 21.2. The van der Waals surface area contributed by atoms with Gasteiger partial charge in [-0.05, 0) is 78.4 Å². The Balaban J connectivity index is 1.32. The number of hydrogen-bond acceptors (Lipinski definition) is 4. The molecule has 4 heteroatoms. The third-order valence-electron chi connectivity index (χ3n) is 7.41. The van der Waals surface area contributed by atoms with Gasteiger partial charge in [0.05, 0.1) is 12.7 Å². The van der Waals surface area contributed by atoms with Crippen LogP contribution in [0.1, 0.15) is 50.5 Å². The Kier molecular flexibility index (Phi) is 7.06. The molecule has 36 heavy (non-hydrogen) atoms. The highest BCUT2D eigenvalue weighted by Crippen LogP contribution is 2.41. The van der Waals surface area contributed by atoms with Crippen molar-refractivity contribution in [3.05, 3.63) is 112 Å². The Morgan fingerprint density at radius 3 is 2.64 bits per heavy atom. The van der Waals surface area contributed by atoms with Crippen molar-refractivity contribution in [3.8, 4) is 5.75 Å². The van der Waals surface area contributed by atoms with Gasteiger partial charge in [-0.1, -0.05) is 66.7 Å². The van der Waals surface area contributed by atoms with Crippen LogP contribution in [-0.4, -0.2) is 32.3 Å². The highest BCUT2D eigenvalue weighted by atomic mass is 16.5. The first-order valence-corrected chi connectivity index (χ1v) is 12.7. The van der Waals surface area contributed by atoms with Gasteiger partial charge in [-0.3, -0.25) is 0 Å². The normalized spacial score (nSPS) is 16.9. The van der Waals surface area contributed by atoms with Crippen LogP contribution >= 0.6 is 0 Å². The molecule has 0 spiro atoms. The summed E-state index contributed by atoms with van der Waals surface area (Å²) in [5, 5.41) is 6.23. The molecule has 0 radical (unpaired) electrons. The van der Waals surface area contributed by atoms with Crippen LogP contribution in [0.15, 0.2) is 78.9 Å². The summed E-state index contributed by atoms with van der Waals surface area (Å²) in [6, 6.07) is 27.5. The van der Waals surface area contributed by atoms with Crippen LogP contribution in [0.3, 0.4) is 0 Å². The molecule has 5 rings (SSSR count). The van der Waals surface area contributed by atoms with Gasteiger partial charge in [0.2, 0.25) is 0 Å². The summed E-state index contributed by atoms with van der Waals surface area (Å²) in [6.07, 6.45) is 1.86. The Hall–Kier alpha value is -3.63. The molecule has 0 amide bonds. The number of fused-ring (bicyclic) bond motifs is 2. The minimum Gasteiger partial charge on any atom is -0.489 e. The van der Waals surface area contributed by atoms with Crippen LogP contribution in [-0.2, 0) is 11.2 Å². The second-order valence-electron chi connectivity index (χ2n) is 9.66. The molecule has 0 aliphatic carbocycles. The molecule has 0 bridgehead atoms. The highest BCUT2D eigenvalue weighted by Gasteiger charge is 2.30. The van der Waals surface area contributed by atoms with Gasteiger partial charge < -0.3 is 14.8 Å². The van der Waals surface area contributed by atoms with E-state index in [1.54, 1.807) is 0 Å². The average Bonchev–Trinajstić information content (AvgIpc) is 2.91. The topological polar surface area (TPSA) is 47.6 Å². The van der Waals surface area contributed by atoms with Gasteiger partial charge in [0.25, 0.3) is 0 Å². The van der Waals surface area contributed by atoms with Crippen LogP contribution < -0.4 is 10.1 Å². The standard InChI is InChI=1S/C32H33NO3/c1-21-17-25(18-29(22(21)2)32(34)35-3)30-19-26(36-31-14-7-6-13-28(30)31)20-33-16-15-24-11-8-10-23-9-4-5-12-27(23)24/h4-14,17-18,26,30,33H,15-16,19-20H2,1-3H3. The first-order chi connectivity index (χ1) is 17.5. The second-order valence-corrected chi connectivity index (χ2v) is 9.66. The number of benzene rings is 4. The molecule has 2 atom stereocenters. The number of rotatable bonds is 7. The van der Waals surface area contributed by atoms with Gasteiger partial charge in [-0.25, -0.2) is 4.79 Å². The molecule has 0 saturated carbocycles. The molecule has 0 fully saturated rings. The number of nitrogens with one attached hydrogen (secondary N) is 1. The maximum absolute atomic E-state index is 12.4. The maximum atomic E-state index is 12.4. The minimum absolute atomic E-state index is 0.0422. The van der Waals surface area contributed by atoms with Gasteiger partial charge >= 0.3 is 5.97 Å². The van der Waals surface area contributed by atoms with Gasteiger partial charge in [0, 0.05) is 18.0 Å². The third kappa shape index (κ3) is 4.87. The predicted molar refractivity (Wildman–Crippen MR) is 145 cm³/mol. The van der Waals surface area contributed by atoms with Gasteiger partial charge in [0.1, 0.15) is 11.9 Å². The monoisotopic (exact) mass is 479 g/mol. The molecule has 1 N–H and O–H groups in total. The summed E-state index contributed by atoms with van der Waals surface area (Å²) >= 11 is 0. The molecule has 1 aliphatic rings. The van der Waals surface area contributed by atoms with Crippen molar-refractivity contribution in [3.63, 3.8) is 0 Å². The van der Waals surface area contributed by atoms with Crippen molar-refractivity contribution in [2.75, 3.05) is 20.2 Å². The van der Waals surface area contributed by atoms with Crippen LogP contribution in [0.4, 0.5) is 0 Å². The Morgan fingerprint density at radius 2 is 1.78 bits per heavy atom. The van der Waals surface area contributed by atoms with Crippen molar-refractivity contribution in [2.45, 2.75) is 38.7 Å². The molecule has 1 heterocycles. The lowest BCUT2D eigenvalue weighted by Crippen LogP contribution is -2.36. The third-order valence-corrected chi connectivity index (χ3v) is 7.41. The van der Waals surface area contributed by atoms with E-state index in [4.69, 9.17) is 9.47 Å². The molecule has 1 aliphatic heterocycles. The van der Waals surface area contributed by atoms with Gasteiger partial charge in [-0.15, -0.1) is 0 Å². The van der Waals surface area contributed by atoms with Crippen molar-refractivity contribution in [2.24, 2.45) is 0 Å². The summed E-state index contributed by atoms with van der Waals surface area (Å²) in [6.45, 7) is 5.69. The lowest BCUT2D eigenvalue weighted by atomic mass is 9.82. The highest BCUT2D eigenvalue weighted by molar-refractivity contribution is 5.91. The number of aryl methyl sites for hydroxylation is 1. The lowest BCUT2D eigenvalue weighted by molar-refractivity contribution is 0.0599. The summed E-state index contributed by atoms with van der Waals surface area (Å²) < 4.78 is 11.5. The van der Waals surface area contributed by atoms with Crippen molar-refractivity contribution >= 4 is 16.7 Å².